The first-order chi connectivity index (χ1) is 20.2. The highest BCUT2D eigenvalue weighted by atomic mass is 16.3. The van der Waals surface area contributed by atoms with Gasteiger partial charge in [-0.15, -0.1) is 0 Å². The molecular weight excluding hydrogens is 504 g/mol. The van der Waals surface area contributed by atoms with Crippen molar-refractivity contribution < 1.29 is 5.11 Å². The van der Waals surface area contributed by atoms with E-state index in [1.807, 2.05) is 0 Å². The Labute approximate surface area is 245 Å². The topological polar surface area (TPSA) is 54.5 Å². The zero-order chi connectivity index (χ0) is 27.4. The monoisotopic (exact) mass is 552 g/mol. The molecule has 5 heteroatoms. The van der Waals surface area contributed by atoms with Crippen molar-refractivity contribution in [1.82, 2.24) is 20.1 Å². The van der Waals surface area contributed by atoms with Crippen LogP contribution in [0.5, 0.6) is 0 Å². The van der Waals surface area contributed by atoms with E-state index in [9.17, 15) is 5.11 Å². The van der Waals surface area contributed by atoms with E-state index in [0.717, 1.165) is 38.9 Å². The van der Waals surface area contributed by atoms with Gasteiger partial charge in [-0.3, -0.25) is 4.90 Å². The Morgan fingerprint density at radius 1 is 0.927 bits per heavy atom. The summed E-state index contributed by atoms with van der Waals surface area (Å²) in [4.78, 5) is 9.45. The number of allylic oxidation sites excluding steroid dienone is 3. The lowest BCUT2D eigenvalue weighted by molar-refractivity contribution is -0.0984. The summed E-state index contributed by atoms with van der Waals surface area (Å²) in [6.45, 7) is 5.61. The zero-order valence-corrected chi connectivity index (χ0v) is 24.7. The molecule has 1 spiro atoms. The molecule has 3 N–H and O–H groups in total. The first-order valence-electron chi connectivity index (χ1n) is 16.7. The van der Waals surface area contributed by atoms with Gasteiger partial charge in [0.15, 0.2) is 0 Å². The smallest absolute Gasteiger partial charge is 0.0994 e. The fourth-order valence-electron chi connectivity index (χ4n) is 10.2. The van der Waals surface area contributed by atoms with Gasteiger partial charge in [0, 0.05) is 41.1 Å². The minimum Gasteiger partial charge on any atom is -0.384 e. The van der Waals surface area contributed by atoms with E-state index in [1.54, 1.807) is 0 Å². The molecule has 218 valence electrons. The number of H-pyrrole nitrogens is 1. The van der Waals surface area contributed by atoms with Crippen LogP contribution in [0.15, 0.2) is 60.2 Å². The van der Waals surface area contributed by atoms with Gasteiger partial charge < -0.3 is 20.3 Å². The number of hydrogen-bond acceptors (Lipinski definition) is 4. The molecular formula is C36H48N4O. The van der Waals surface area contributed by atoms with E-state index in [2.05, 4.69) is 74.7 Å². The number of aromatic nitrogens is 1. The average molecular weight is 553 g/mol. The number of benzene rings is 1. The van der Waals surface area contributed by atoms with Gasteiger partial charge in [0.2, 0.25) is 0 Å². The van der Waals surface area contributed by atoms with Crippen LogP contribution in [0.1, 0.15) is 81.5 Å². The van der Waals surface area contributed by atoms with Crippen molar-refractivity contribution in [3.8, 4) is 0 Å². The fourth-order valence-corrected chi connectivity index (χ4v) is 10.2. The van der Waals surface area contributed by atoms with Crippen LogP contribution in [0.2, 0.25) is 0 Å². The first-order valence-corrected chi connectivity index (χ1v) is 16.7. The van der Waals surface area contributed by atoms with Gasteiger partial charge in [-0.25, -0.2) is 0 Å². The molecule has 5 aliphatic heterocycles. The normalized spacial score (nSPS) is 41.0. The maximum absolute atomic E-state index is 13.1. The Hall–Kier alpha value is -2.18. The summed E-state index contributed by atoms with van der Waals surface area (Å²) < 4.78 is 0. The fraction of sp³-hybridized carbons (Fsp3) is 0.611. The first kappa shape index (κ1) is 26.4. The molecule has 2 fully saturated rings. The summed E-state index contributed by atoms with van der Waals surface area (Å²) >= 11 is 0. The molecule has 41 heavy (non-hydrogen) atoms. The van der Waals surface area contributed by atoms with Crippen LogP contribution in [0.4, 0.5) is 0 Å². The van der Waals surface area contributed by atoms with Crippen molar-refractivity contribution in [2.45, 2.75) is 94.4 Å². The van der Waals surface area contributed by atoms with Crippen LogP contribution in [0, 0.1) is 11.3 Å². The maximum Gasteiger partial charge on any atom is 0.0994 e. The minimum atomic E-state index is -0.833. The summed E-state index contributed by atoms with van der Waals surface area (Å²) in [6, 6.07) is 9.61. The lowest BCUT2D eigenvalue weighted by atomic mass is 9.54. The van der Waals surface area contributed by atoms with Crippen molar-refractivity contribution in [3.05, 3.63) is 71.5 Å². The molecule has 1 aromatic heterocycles. The van der Waals surface area contributed by atoms with Crippen LogP contribution >= 0.6 is 0 Å². The predicted octanol–water partition coefficient (Wildman–Crippen LogP) is 6.04. The Morgan fingerprint density at radius 3 is 2.73 bits per heavy atom. The molecule has 6 aliphatic rings. The molecule has 0 saturated carbocycles. The van der Waals surface area contributed by atoms with Crippen LogP contribution in [-0.2, 0) is 6.42 Å². The second-order valence-corrected chi connectivity index (χ2v) is 14.0. The Bertz CT molecular complexity index is 1370. The van der Waals surface area contributed by atoms with Crippen molar-refractivity contribution >= 4 is 10.9 Å². The van der Waals surface area contributed by atoms with Gasteiger partial charge in [-0.05, 0) is 113 Å². The van der Waals surface area contributed by atoms with Gasteiger partial charge >= 0.3 is 0 Å². The number of hydrogen-bond donors (Lipinski definition) is 3. The van der Waals surface area contributed by atoms with E-state index < -0.39 is 5.60 Å². The van der Waals surface area contributed by atoms with Crippen LogP contribution in [0.3, 0.4) is 0 Å². The summed E-state index contributed by atoms with van der Waals surface area (Å²) in [5, 5.41) is 18.5. The number of rotatable bonds is 1. The number of fused-ring (bicyclic) bond motifs is 5. The van der Waals surface area contributed by atoms with Crippen molar-refractivity contribution in [2.75, 3.05) is 32.7 Å². The minimum absolute atomic E-state index is 0.0690. The number of piperidine rings is 1. The molecule has 4 unspecified atom stereocenters. The quantitative estimate of drug-likeness (QED) is 0.378. The number of aromatic amines is 1. The molecule has 2 aromatic rings. The number of nitrogens with one attached hydrogen (secondary N) is 2. The highest BCUT2D eigenvalue weighted by Crippen LogP contribution is 2.61. The van der Waals surface area contributed by atoms with Crippen LogP contribution in [-0.4, -0.2) is 70.3 Å². The molecule has 1 aliphatic carbocycles. The molecule has 1 aromatic carbocycles. The summed E-state index contributed by atoms with van der Waals surface area (Å²) in [5.41, 5.74) is 4.80. The van der Waals surface area contributed by atoms with Crippen molar-refractivity contribution in [3.63, 3.8) is 0 Å². The second kappa shape index (κ2) is 10.5. The maximum atomic E-state index is 13.1. The zero-order valence-electron chi connectivity index (χ0n) is 24.7. The number of nitrogens with zero attached hydrogens (tertiary/aromatic N) is 2. The third kappa shape index (κ3) is 4.33. The Kier molecular flexibility index (Phi) is 6.78. The van der Waals surface area contributed by atoms with Gasteiger partial charge in [-0.1, -0.05) is 48.6 Å². The molecule has 0 radical (unpaired) electrons. The predicted molar refractivity (Wildman–Crippen MR) is 167 cm³/mol. The average Bonchev–Trinajstić information content (AvgIpc) is 3.49. The third-order valence-corrected chi connectivity index (χ3v) is 11.7. The van der Waals surface area contributed by atoms with E-state index in [0.29, 0.717) is 12.0 Å². The summed E-state index contributed by atoms with van der Waals surface area (Å²) in [7, 11) is 0. The van der Waals surface area contributed by atoms with E-state index in [4.69, 9.17) is 0 Å². The molecule has 6 heterocycles. The molecule has 5 nitrogen and oxygen atoms in total. The second-order valence-electron chi connectivity index (χ2n) is 14.0. The van der Waals surface area contributed by atoms with Gasteiger partial charge in [0.1, 0.15) is 0 Å². The molecule has 0 amide bonds. The molecule has 3 bridgehead atoms. The van der Waals surface area contributed by atoms with Crippen molar-refractivity contribution in [2.24, 2.45) is 11.3 Å². The summed E-state index contributed by atoms with van der Waals surface area (Å²) in [6.07, 6.45) is 24.8. The largest absolute Gasteiger partial charge is 0.384 e. The van der Waals surface area contributed by atoms with Gasteiger partial charge in [0.25, 0.3) is 0 Å². The standard InChI is InChI=1S/C36H48N4O/c41-36-18-10-4-1-2-5-11-20-39-22-17-30(35(25-39)23-26-13-7-3-6-12-21-40(26)34(35)36)29(24-36)32-33-28(16-19-37-32)27-14-8-9-15-31(27)38-33/h1,4,7-9,13-15,24,26,30,32,34,37-38,41H,2-3,5-6,10-12,16-23,25H2/b4-1-,13-7-/t26?,30?,32-,34-,35?,36+/m1/s1. The number of para-hydroxylation sites is 1. The van der Waals surface area contributed by atoms with Crippen LogP contribution in [0.25, 0.3) is 10.9 Å². The Balaban J connectivity index is 1.30. The van der Waals surface area contributed by atoms with E-state index in [-0.39, 0.29) is 17.5 Å². The van der Waals surface area contributed by atoms with Gasteiger partial charge in [0.05, 0.1) is 17.7 Å². The van der Waals surface area contributed by atoms with Crippen LogP contribution < -0.4 is 5.32 Å². The lowest BCUT2D eigenvalue weighted by Gasteiger charge is -2.59. The van der Waals surface area contributed by atoms with Gasteiger partial charge in [-0.2, -0.15) is 0 Å². The van der Waals surface area contributed by atoms with Crippen molar-refractivity contribution in [1.29, 1.82) is 0 Å². The third-order valence-electron chi connectivity index (χ3n) is 11.7. The van der Waals surface area contributed by atoms with E-state index >= 15 is 0 Å². The SMILES string of the molecule is O[C@]12C=C([C@H]3NCCc4c3[nH]c3ccccc43)C3CCN(CCCC/C=C\CC1)CC31CC3/C=C\CCCCN3[C@H]12. The highest BCUT2D eigenvalue weighted by Gasteiger charge is 2.66. The molecule has 2 saturated heterocycles. The summed E-state index contributed by atoms with van der Waals surface area (Å²) in [5.74, 6) is 0.487. The lowest BCUT2D eigenvalue weighted by Crippen LogP contribution is -2.66. The highest BCUT2D eigenvalue weighted by molar-refractivity contribution is 5.85. The number of aliphatic hydroxyl groups is 1. The van der Waals surface area contributed by atoms with E-state index in [1.165, 1.54) is 92.2 Å². The molecule has 7 atom stereocenters. The Morgan fingerprint density at radius 2 is 1.78 bits per heavy atom. The molecule has 8 rings (SSSR count).